The molecular formula is C22H14N2O5. The van der Waals surface area contributed by atoms with Crippen LogP contribution in [0.1, 0.15) is 41.4 Å². The number of aromatic carboxylic acids is 1. The van der Waals surface area contributed by atoms with E-state index in [9.17, 15) is 24.3 Å². The van der Waals surface area contributed by atoms with E-state index < -0.39 is 23.7 Å². The number of amides is 3. The number of imide groups is 1. The minimum Gasteiger partial charge on any atom is -0.478 e. The average molecular weight is 386 g/mol. The lowest BCUT2D eigenvalue weighted by atomic mass is 10.0. The van der Waals surface area contributed by atoms with Crippen molar-refractivity contribution in [3.05, 3.63) is 89.0 Å². The number of anilines is 1. The largest absolute Gasteiger partial charge is 0.478 e. The van der Waals surface area contributed by atoms with Crippen LogP contribution in [0.5, 0.6) is 0 Å². The van der Waals surface area contributed by atoms with Gasteiger partial charge in [0.1, 0.15) is 0 Å². The fraction of sp³-hybridized carbons (Fsp3) is 0. The van der Waals surface area contributed by atoms with Gasteiger partial charge in [-0.1, -0.05) is 36.4 Å². The van der Waals surface area contributed by atoms with Crippen LogP contribution < -0.4 is 10.6 Å². The number of carbonyl (C=O) groups is 4. The van der Waals surface area contributed by atoms with Gasteiger partial charge in [0.2, 0.25) is 5.91 Å². The maximum absolute atomic E-state index is 13.0. The summed E-state index contributed by atoms with van der Waals surface area (Å²) in [5.74, 6) is -3.37. The Balaban J connectivity index is 1.87. The Kier molecular flexibility index (Phi) is 4.20. The summed E-state index contributed by atoms with van der Waals surface area (Å²) in [7, 11) is 0. The smallest absolute Gasteiger partial charge is 0.337 e. The van der Waals surface area contributed by atoms with Crippen molar-refractivity contribution in [3.63, 3.8) is 0 Å². The number of nitrogens with zero attached hydrogens (tertiary/aromatic N) is 1. The molecule has 3 aromatic carbocycles. The first-order valence-electron chi connectivity index (χ1n) is 8.64. The summed E-state index contributed by atoms with van der Waals surface area (Å²) in [6.07, 6.45) is 0. The molecule has 0 unspecified atom stereocenters. The molecule has 0 saturated heterocycles. The van der Waals surface area contributed by atoms with Gasteiger partial charge in [-0.3, -0.25) is 14.4 Å². The minimum atomic E-state index is -1.27. The zero-order valence-corrected chi connectivity index (χ0v) is 15.0. The second-order valence-corrected chi connectivity index (χ2v) is 6.47. The van der Waals surface area contributed by atoms with Gasteiger partial charge < -0.3 is 10.8 Å². The monoisotopic (exact) mass is 386 g/mol. The molecule has 0 aromatic heterocycles. The maximum atomic E-state index is 13.0. The molecule has 4 rings (SSSR count). The first-order valence-corrected chi connectivity index (χ1v) is 8.64. The summed E-state index contributed by atoms with van der Waals surface area (Å²) in [5, 5.41) is 9.58. The van der Waals surface area contributed by atoms with E-state index in [1.54, 1.807) is 6.07 Å². The second kappa shape index (κ2) is 6.72. The summed E-state index contributed by atoms with van der Waals surface area (Å²) in [6.45, 7) is 0. The van der Waals surface area contributed by atoms with Crippen LogP contribution in [-0.4, -0.2) is 28.8 Å². The molecule has 3 N–H and O–H groups in total. The predicted octanol–water partition coefficient (Wildman–Crippen LogP) is 2.95. The Morgan fingerprint density at radius 2 is 1.48 bits per heavy atom. The van der Waals surface area contributed by atoms with E-state index in [4.69, 9.17) is 5.73 Å². The number of fused-ring (bicyclic) bond motifs is 1. The van der Waals surface area contributed by atoms with Crippen molar-refractivity contribution in [2.24, 2.45) is 5.73 Å². The van der Waals surface area contributed by atoms with Gasteiger partial charge in [-0.25, -0.2) is 9.69 Å². The molecule has 3 amide bonds. The molecule has 0 saturated carbocycles. The third-order valence-electron chi connectivity index (χ3n) is 4.75. The minimum absolute atomic E-state index is 0.00718. The van der Waals surface area contributed by atoms with Crippen molar-refractivity contribution < 1.29 is 24.3 Å². The van der Waals surface area contributed by atoms with Crippen molar-refractivity contribution in [1.82, 2.24) is 0 Å². The normalized spacial score (nSPS) is 12.8. The number of carbonyl (C=O) groups excluding carboxylic acids is 3. The lowest BCUT2D eigenvalue weighted by Gasteiger charge is -2.18. The van der Waals surface area contributed by atoms with Crippen LogP contribution in [-0.2, 0) is 0 Å². The highest BCUT2D eigenvalue weighted by Crippen LogP contribution is 2.34. The number of nitrogens with two attached hydrogens (primary N) is 1. The van der Waals surface area contributed by atoms with E-state index in [0.29, 0.717) is 5.56 Å². The Morgan fingerprint density at radius 1 is 0.793 bits per heavy atom. The number of primary amides is 1. The molecule has 1 heterocycles. The number of hydrogen-bond donors (Lipinski definition) is 2. The van der Waals surface area contributed by atoms with Gasteiger partial charge in [0.25, 0.3) is 11.8 Å². The number of carboxylic acid groups (broad SMARTS) is 1. The van der Waals surface area contributed by atoms with E-state index in [2.05, 4.69) is 0 Å². The fourth-order valence-corrected chi connectivity index (χ4v) is 3.32. The molecule has 3 aromatic rings. The number of benzene rings is 3. The van der Waals surface area contributed by atoms with Crippen molar-refractivity contribution in [2.45, 2.75) is 0 Å². The molecule has 29 heavy (non-hydrogen) atoms. The molecule has 0 radical (unpaired) electrons. The molecule has 1 aliphatic heterocycles. The van der Waals surface area contributed by atoms with Crippen LogP contribution in [0.15, 0.2) is 66.7 Å². The molecule has 0 fully saturated rings. The topological polar surface area (TPSA) is 118 Å². The van der Waals surface area contributed by atoms with Crippen LogP contribution in [0.4, 0.5) is 5.69 Å². The van der Waals surface area contributed by atoms with E-state index >= 15 is 0 Å². The number of rotatable bonds is 4. The molecule has 0 atom stereocenters. The van der Waals surface area contributed by atoms with Gasteiger partial charge in [-0.2, -0.15) is 0 Å². The highest BCUT2D eigenvalue weighted by molar-refractivity contribution is 6.35. The van der Waals surface area contributed by atoms with Crippen molar-refractivity contribution in [2.75, 3.05) is 4.90 Å². The molecule has 0 spiro atoms. The number of carboxylic acids is 1. The first kappa shape index (κ1) is 18.1. The fourth-order valence-electron chi connectivity index (χ4n) is 3.32. The van der Waals surface area contributed by atoms with Crippen LogP contribution >= 0.6 is 0 Å². The Labute approximate surface area is 165 Å². The van der Waals surface area contributed by atoms with Gasteiger partial charge >= 0.3 is 5.97 Å². The molecule has 0 bridgehead atoms. The van der Waals surface area contributed by atoms with Crippen LogP contribution in [0, 0.1) is 0 Å². The molecule has 0 aliphatic carbocycles. The highest BCUT2D eigenvalue weighted by Gasteiger charge is 2.39. The van der Waals surface area contributed by atoms with Crippen LogP contribution in [0.25, 0.3) is 11.1 Å². The lowest BCUT2D eigenvalue weighted by molar-refractivity contribution is 0.0697. The summed E-state index contributed by atoms with van der Waals surface area (Å²) in [4.78, 5) is 49.9. The lowest BCUT2D eigenvalue weighted by Crippen LogP contribution is -2.31. The summed E-state index contributed by atoms with van der Waals surface area (Å²) >= 11 is 0. The van der Waals surface area contributed by atoms with Gasteiger partial charge in [0, 0.05) is 5.56 Å². The molecule has 1 aliphatic rings. The van der Waals surface area contributed by atoms with Gasteiger partial charge in [-0.05, 0) is 41.5 Å². The Bertz CT molecular complexity index is 1200. The molecule has 142 valence electrons. The Hall–Kier alpha value is -4.26. The third-order valence-corrected chi connectivity index (χ3v) is 4.75. The number of hydrogen-bond acceptors (Lipinski definition) is 4. The van der Waals surface area contributed by atoms with E-state index in [-0.39, 0.29) is 27.9 Å². The second-order valence-electron chi connectivity index (χ2n) is 6.47. The predicted molar refractivity (Wildman–Crippen MR) is 105 cm³/mol. The summed E-state index contributed by atoms with van der Waals surface area (Å²) in [6, 6.07) is 17.6. The van der Waals surface area contributed by atoms with E-state index in [1.165, 1.54) is 30.3 Å². The van der Waals surface area contributed by atoms with E-state index in [1.807, 2.05) is 30.3 Å². The molecule has 7 nitrogen and oxygen atoms in total. The maximum Gasteiger partial charge on any atom is 0.337 e. The highest BCUT2D eigenvalue weighted by atomic mass is 16.4. The van der Waals surface area contributed by atoms with Gasteiger partial charge in [-0.15, -0.1) is 0 Å². The zero-order chi connectivity index (χ0) is 20.7. The molecular weight excluding hydrogens is 372 g/mol. The van der Waals surface area contributed by atoms with Crippen LogP contribution in [0.3, 0.4) is 0 Å². The van der Waals surface area contributed by atoms with Crippen molar-refractivity contribution in [1.29, 1.82) is 0 Å². The quantitative estimate of drug-likeness (QED) is 0.669. The SMILES string of the molecule is NC(=O)c1ccc2c(c1)C(=O)N(c1cc(-c3ccccc3)ccc1C(=O)O)C2=O. The van der Waals surface area contributed by atoms with Gasteiger partial charge in [0.05, 0.1) is 22.4 Å². The molecule has 7 heteroatoms. The summed E-state index contributed by atoms with van der Waals surface area (Å²) < 4.78 is 0. The van der Waals surface area contributed by atoms with E-state index in [0.717, 1.165) is 10.5 Å². The first-order chi connectivity index (χ1) is 13.9. The van der Waals surface area contributed by atoms with Gasteiger partial charge in [0.15, 0.2) is 0 Å². The van der Waals surface area contributed by atoms with Crippen molar-refractivity contribution >= 4 is 29.4 Å². The Morgan fingerprint density at radius 3 is 2.14 bits per heavy atom. The van der Waals surface area contributed by atoms with Crippen molar-refractivity contribution in [3.8, 4) is 11.1 Å². The zero-order valence-electron chi connectivity index (χ0n) is 15.0. The third kappa shape index (κ3) is 2.94. The average Bonchev–Trinajstić information content (AvgIpc) is 2.98. The summed E-state index contributed by atoms with van der Waals surface area (Å²) in [5.41, 5.74) is 6.67. The standard InChI is InChI=1S/C22H14N2O5/c23-19(25)14-7-8-15-17(10-14)21(27)24(20(15)26)18-11-13(6-9-16(18)22(28)29)12-4-2-1-3-5-12/h1-11H,(H2,23,25)(H,28,29). The van der Waals surface area contributed by atoms with Crippen LogP contribution in [0.2, 0.25) is 0 Å².